The van der Waals surface area contributed by atoms with Gasteiger partial charge in [0.05, 0.1) is 17.7 Å². The van der Waals surface area contributed by atoms with Gasteiger partial charge in [0.15, 0.2) is 11.3 Å². The first-order valence-corrected chi connectivity index (χ1v) is 9.63. The Morgan fingerprint density at radius 3 is 3.15 bits per heavy atom. The van der Waals surface area contributed by atoms with Crippen molar-refractivity contribution in [3.8, 4) is 5.75 Å². The van der Waals surface area contributed by atoms with E-state index in [1.165, 1.54) is 0 Å². The topological polar surface area (TPSA) is 77.8 Å². The van der Waals surface area contributed by atoms with Crippen LogP contribution in [0.2, 0.25) is 5.02 Å². The van der Waals surface area contributed by atoms with Crippen LogP contribution in [0.15, 0.2) is 29.0 Å². The van der Waals surface area contributed by atoms with E-state index < -0.39 is 5.97 Å². The maximum atomic E-state index is 12.0. The molecule has 0 saturated carbocycles. The second-order valence-electron chi connectivity index (χ2n) is 5.92. The van der Waals surface area contributed by atoms with Gasteiger partial charge in [0.1, 0.15) is 5.75 Å². The zero-order valence-electron chi connectivity index (χ0n) is 14.5. The number of esters is 1. The number of fused-ring (bicyclic) bond motifs is 2. The van der Waals surface area contributed by atoms with E-state index in [2.05, 4.69) is 31.2 Å². The number of rotatable bonds is 5. The van der Waals surface area contributed by atoms with Crippen molar-refractivity contribution in [2.75, 3.05) is 18.5 Å². The lowest BCUT2D eigenvalue weighted by Crippen LogP contribution is -2.08. The van der Waals surface area contributed by atoms with Crippen LogP contribution < -0.4 is 10.1 Å². The molecule has 0 unspecified atom stereocenters. The molecule has 140 valence electrons. The lowest BCUT2D eigenvalue weighted by atomic mass is 10.1. The maximum Gasteiger partial charge on any atom is 0.358 e. The highest BCUT2D eigenvalue weighted by atomic mass is 79.9. The number of nitrogens with one attached hydrogen (secondary N) is 1. The zero-order valence-corrected chi connectivity index (χ0v) is 16.8. The molecule has 1 aliphatic rings. The van der Waals surface area contributed by atoms with E-state index in [0.29, 0.717) is 34.2 Å². The number of carbonyl (C=O) groups excluding carboxylic acids is 1. The molecule has 0 atom stereocenters. The van der Waals surface area contributed by atoms with Gasteiger partial charge in [0.2, 0.25) is 5.95 Å². The van der Waals surface area contributed by atoms with Gasteiger partial charge in [-0.15, -0.1) is 0 Å². The molecule has 1 aliphatic heterocycles. The standard InChI is InChI=1S/C18H16BrClN4O3/c1-2-26-17(25)14-9-24-16(23-14)12(19)8-22-18(24)21-7-11-10-5-6-27-15(10)4-3-13(11)20/h3-4,8-9H,2,5-7H2,1H3,(H,21,22). The molecule has 3 aromatic rings. The van der Waals surface area contributed by atoms with Crippen molar-refractivity contribution in [1.29, 1.82) is 0 Å². The minimum Gasteiger partial charge on any atom is -0.493 e. The number of hydrogen-bond acceptors (Lipinski definition) is 6. The second-order valence-corrected chi connectivity index (χ2v) is 7.19. The Balaban J connectivity index is 1.66. The molecule has 0 amide bonds. The highest BCUT2D eigenvalue weighted by molar-refractivity contribution is 9.10. The summed E-state index contributed by atoms with van der Waals surface area (Å²) in [6, 6.07) is 3.73. The summed E-state index contributed by atoms with van der Waals surface area (Å²) in [5, 5.41) is 3.96. The number of ether oxygens (including phenoxy) is 2. The van der Waals surface area contributed by atoms with Gasteiger partial charge >= 0.3 is 5.97 Å². The Hall–Kier alpha value is -2.32. The molecule has 4 rings (SSSR count). The number of hydrogen-bond donors (Lipinski definition) is 1. The molecule has 1 N–H and O–H groups in total. The number of halogens is 2. The van der Waals surface area contributed by atoms with Gasteiger partial charge in [-0.3, -0.25) is 4.40 Å². The number of anilines is 1. The Kier molecular flexibility index (Phi) is 4.92. The van der Waals surface area contributed by atoms with Crippen molar-refractivity contribution < 1.29 is 14.3 Å². The fraction of sp³-hybridized carbons (Fsp3) is 0.278. The Morgan fingerprint density at radius 1 is 1.48 bits per heavy atom. The SMILES string of the molecule is CCOC(=O)c1cn2c(NCc3c(Cl)ccc4c3CCO4)ncc(Br)c2n1. The fourth-order valence-electron chi connectivity index (χ4n) is 3.06. The minimum atomic E-state index is -0.472. The highest BCUT2D eigenvalue weighted by Crippen LogP contribution is 2.33. The predicted molar refractivity (Wildman–Crippen MR) is 105 cm³/mol. The second kappa shape index (κ2) is 7.36. The molecule has 0 bridgehead atoms. The van der Waals surface area contributed by atoms with E-state index >= 15 is 0 Å². The lowest BCUT2D eigenvalue weighted by molar-refractivity contribution is 0.0520. The number of aromatic nitrogens is 3. The van der Waals surface area contributed by atoms with Crippen molar-refractivity contribution in [3.63, 3.8) is 0 Å². The molecule has 0 aliphatic carbocycles. The number of carbonyl (C=O) groups is 1. The summed E-state index contributed by atoms with van der Waals surface area (Å²) in [7, 11) is 0. The van der Waals surface area contributed by atoms with Crippen molar-refractivity contribution in [3.05, 3.63) is 50.8 Å². The molecular weight excluding hydrogens is 436 g/mol. The van der Waals surface area contributed by atoms with E-state index in [1.54, 1.807) is 23.7 Å². The molecule has 9 heteroatoms. The monoisotopic (exact) mass is 450 g/mol. The van der Waals surface area contributed by atoms with Crippen LogP contribution in [-0.2, 0) is 17.7 Å². The average Bonchev–Trinajstić information content (AvgIpc) is 3.30. The highest BCUT2D eigenvalue weighted by Gasteiger charge is 2.20. The largest absolute Gasteiger partial charge is 0.493 e. The van der Waals surface area contributed by atoms with Crippen molar-refractivity contribution in [2.45, 2.75) is 19.9 Å². The molecule has 0 fully saturated rings. The van der Waals surface area contributed by atoms with E-state index in [4.69, 9.17) is 21.1 Å². The third-order valence-corrected chi connectivity index (χ3v) is 5.21. The molecule has 7 nitrogen and oxygen atoms in total. The molecule has 2 aromatic heterocycles. The lowest BCUT2D eigenvalue weighted by Gasteiger charge is -2.12. The number of benzene rings is 1. The van der Waals surface area contributed by atoms with Crippen LogP contribution in [0.1, 0.15) is 28.5 Å². The quantitative estimate of drug-likeness (QED) is 0.593. The molecular formula is C18H16BrClN4O3. The minimum absolute atomic E-state index is 0.223. The van der Waals surface area contributed by atoms with Gasteiger partial charge in [-0.2, -0.15) is 0 Å². The van der Waals surface area contributed by atoms with Crippen molar-refractivity contribution in [1.82, 2.24) is 14.4 Å². The summed E-state index contributed by atoms with van der Waals surface area (Å²) in [4.78, 5) is 20.7. The summed E-state index contributed by atoms with van der Waals surface area (Å²) in [6.45, 7) is 3.18. The van der Waals surface area contributed by atoms with Crippen molar-refractivity contribution in [2.24, 2.45) is 0 Å². The van der Waals surface area contributed by atoms with Crippen LogP contribution in [0.5, 0.6) is 5.75 Å². The normalized spacial score (nSPS) is 12.7. The summed E-state index contributed by atoms with van der Waals surface area (Å²) < 4.78 is 13.0. The summed E-state index contributed by atoms with van der Waals surface area (Å²) in [5.41, 5.74) is 2.89. The van der Waals surface area contributed by atoms with Crippen LogP contribution in [0.3, 0.4) is 0 Å². The van der Waals surface area contributed by atoms with E-state index in [1.807, 2.05) is 12.1 Å². The first kappa shape index (κ1) is 18.1. The van der Waals surface area contributed by atoms with Gasteiger partial charge in [-0.25, -0.2) is 14.8 Å². The van der Waals surface area contributed by atoms with Gasteiger partial charge in [0.25, 0.3) is 0 Å². The first-order chi connectivity index (χ1) is 13.1. The molecule has 0 radical (unpaired) electrons. The van der Waals surface area contributed by atoms with Crippen LogP contribution >= 0.6 is 27.5 Å². The smallest absolute Gasteiger partial charge is 0.358 e. The summed E-state index contributed by atoms with van der Waals surface area (Å²) in [5.74, 6) is 0.946. The maximum absolute atomic E-state index is 12.0. The van der Waals surface area contributed by atoms with Gasteiger partial charge in [-0.05, 0) is 40.5 Å². The molecule has 0 spiro atoms. The third-order valence-electron chi connectivity index (χ3n) is 4.30. The van der Waals surface area contributed by atoms with Crippen LogP contribution in [0, 0.1) is 0 Å². The predicted octanol–water partition coefficient (Wildman–Crippen LogP) is 3.87. The zero-order chi connectivity index (χ0) is 19.0. The first-order valence-electron chi connectivity index (χ1n) is 8.46. The third kappa shape index (κ3) is 3.35. The van der Waals surface area contributed by atoms with Crippen molar-refractivity contribution >= 4 is 45.1 Å². The summed E-state index contributed by atoms with van der Waals surface area (Å²) in [6.07, 6.45) is 4.07. The molecule has 0 saturated heterocycles. The average molecular weight is 452 g/mol. The van der Waals surface area contributed by atoms with Crippen LogP contribution in [0.25, 0.3) is 5.65 Å². The van der Waals surface area contributed by atoms with Crippen LogP contribution in [0.4, 0.5) is 5.95 Å². The Labute approximate surface area is 168 Å². The molecule has 1 aromatic carbocycles. The van der Waals surface area contributed by atoms with Gasteiger partial charge in [0, 0.05) is 35.9 Å². The fourth-order valence-corrected chi connectivity index (χ4v) is 3.68. The van der Waals surface area contributed by atoms with E-state index in [9.17, 15) is 4.79 Å². The van der Waals surface area contributed by atoms with Crippen LogP contribution in [-0.4, -0.2) is 33.6 Å². The Morgan fingerprint density at radius 2 is 2.33 bits per heavy atom. The van der Waals surface area contributed by atoms with Gasteiger partial charge < -0.3 is 14.8 Å². The summed E-state index contributed by atoms with van der Waals surface area (Å²) >= 11 is 9.81. The molecule has 3 heterocycles. The van der Waals surface area contributed by atoms with Gasteiger partial charge in [-0.1, -0.05) is 11.6 Å². The Bertz CT molecular complexity index is 1040. The number of nitrogens with zero attached hydrogens (tertiary/aromatic N) is 3. The number of imidazole rings is 1. The van der Waals surface area contributed by atoms with E-state index in [0.717, 1.165) is 23.3 Å². The van der Waals surface area contributed by atoms with E-state index in [-0.39, 0.29) is 12.3 Å². The molecule has 27 heavy (non-hydrogen) atoms.